The van der Waals surface area contributed by atoms with Gasteiger partial charge in [0.1, 0.15) is 22.9 Å². The number of amides is 3. The van der Waals surface area contributed by atoms with Crippen molar-refractivity contribution in [3.63, 3.8) is 0 Å². The Morgan fingerprint density at radius 2 is 1.65 bits per heavy atom. The summed E-state index contributed by atoms with van der Waals surface area (Å²) in [6.07, 6.45) is -3.16. The molecule has 0 radical (unpaired) electrons. The maximum absolute atomic E-state index is 13.4. The maximum Gasteiger partial charge on any atom is 0.350 e. The Morgan fingerprint density at radius 3 is 2.15 bits per heavy atom. The van der Waals surface area contributed by atoms with Gasteiger partial charge in [-0.1, -0.05) is 6.07 Å². The van der Waals surface area contributed by atoms with Crippen LogP contribution in [0.15, 0.2) is 30.6 Å². The summed E-state index contributed by atoms with van der Waals surface area (Å²) in [6.45, 7) is 0. The zero-order valence-corrected chi connectivity index (χ0v) is 12.4. The first-order chi connectivity index (χ1) is 12.1. The molecular formula is C14H8F6N4O2. The molecule has 0 spiro atoms. The molecule has 6 nitrogen and oxygen atoms in total. The summed E-state index contributed by atoms with van der Waals surface area (Å²) >= 11 is 0. The molecule has 0 bridgehead atoms. The third-order valence-electron chi connectivity index (χ3n) is 2.93. The van der Waals surface area contributed by atoms with Crippen molar-refractivity contribution in [1.29, 1.82) is 0 Å². The molecule has 3 amide bonds. The third kappa shape index (κ3) is 4.07. The van der Waals surface area contributed by atoms with Gasteiger partial charge in [0.05, 0.1) is 12.4 Å². The number of hydrogen-bond acceptors (Lipinski definition) is 4. The molecule has 1 heterocycles. The first kappa shape index (κ1) is 19.1. The van der Waals surface area contributed by atoms with Crippen molar-refractivity contribution in [3.05, 3.63) is 53.5 Å². The number of hydrogen-bond donors (Lipinski definition) is 2. The van der Waals surface area contributed by atoms with E-state index in [1.54, 1.807) is 5.32 Å². The number of alkyl halides is 4. The van der Waals surface area contributed by atoms with Gasteiger partial charge < -0.3 is 0 Å². The fourth-order valence-electron chi connectivity index (χ4n) is 1.70. The quantitative estimate of drug-likeness (QED) is 0.801. The second-order valence-corrected chi connectivity index (χ2v) is 4.72. The molecule has 138 valence electrons. The second kappa shape index (κ2) is 7.37. The van der Waals surface area contributed by atoms with Gasteiger partial charge in [0.25, 0.3) is 5.91 Å². The molecule has 0 unspecified atom stereocenters. The fraction of sp³-hybridized carbons (Fsp3) is 0.143. The molecule has 2 aromatic rings. The molecule has 0 fully saturated rings. The first-order valence-corrected chi connectivity index (χ1v) is 6.67. The van der Waals surface area contributed by atoms with Crippen LogP contribution in [0.1, 0.15) is 16.1 Å². The Labute approximate surface area is 141 Å². The van der Waals surface area contributed by atoms with Gasteiger partial charge in [0.15, 0.2) is 5.82 Å². The lowest BCUT2D eigenvalue weighted by Crippen LogP contribution is -2.35. The lowest BCUT2D eigenvalue weighted by molar-refractivity contribution is -0.138. The number of nitrogens with one attached hydrogen (secondary N) is 2. The first-order valence-electron chi connectivity index (χ1n) is 6.67. The van der Waals surface area contributed by atoms with Crippen molar-refractivity contribution in [2.45, 2.75) is 12.3 Å². The van der Waals surface area contributed by atoms with Gasteiger partial charge in [-0.05, 0) is 12.1 Å². The molecule has 0 saturated heterocycles. The predicted molar refractivity (Wildman–Crippen MR) is 74.8 cm³/mol. The third-order valence-corrected chi connectivity index (χ3v) is 2.93. The van der Waals surface area contributed by atoms with E-state index >= 15 is 0 Å². The van der Waals surface area contributed by atoms with Crippen molar-refractivity contribution >= 4 is 17.8 Å². The van der Waals surface area contributed by atoms with Crippen LogP contribution in [0.2, 0.25) is 0 Å². The molecule has 26 heavy (non-hydrogen) atoms. The van der Waals surface area contributed by atoms with Crippen LogP contribution in [-0.2, 0) is 5.92 Å². The van der Waals surface area contributed by atoms with Crippen LogP contribution in [0.5, 0.6) is 0 Å². The minimum absolute atomic E-state index is 0.306. The lowest BCUT2D eigenvalue weighted by Gasteiger charge is -2.14. The average Bonchev–Trinajstić information content (AvgIpc) is 2.54. The van der Waals surface area contributed by atoms with Crippen molar-refractivity contribution in [1.82, 2.24) is 15.3 Å². The minimum Gasteiger partial charge on any atom is -0.291 e. The number of aromatic nitrogens is 2. The normalized spacial score (nSPS) is 11.3. The van der Waals surface area contributed by atoms with E-state index in [0.29, 0.717) is 12.4 Å². The number of benzene rings is 1. The van der Waals surface area contributed by atoms with Crippen LogP contribution < -0.4 is 10.6 Å². The highest BCUT2D eigenvalue weighted by molar-refractivity contribution is 6.07. The van der Waals surface area contributed by atoms with E-state index in [4.69, 9.17) is 0 Å². The number of nitrogens with zero attached hydrogens (tertiary/aromatic N) is 2. The topological polar surface area (TPSA) is 84.0 Å². The maximum atomic E-state index is 13.4. The Bertz CT molecular complexity index is 808. The highest BCUT2D eigenvalue weighted by atomic mass is 19.3. The van der Waals surface area contributed by atoms with Crippen molar-refractivity contribution in [3.8, 4) is 0 Å². The van der Waals surface area contributed by atoms with Gasteiger partial charge >= 0.3 is 18.4 Å². The molecule has 1 aromatic heterocycles. The summed E-state index contributed by atoms with van der Waals surface area (Å²) in [5.41, 5.74) is -2.34. The SMILES string of the molecule is O=C(NC(=O)c1c(F)cccc1F)Nc1cnc(C(F)(F)C(F)F)cn1. The molecular weight excluding hydrogens is 370 g/mol. The summed E-state index contributed by atoms with van der Waals surface area (Å²) in [5.74, 6) is -8.85. The van der Waals surface area contributed by atoms with E-state index in [0.717, 1.165) is 18.2 Å². The van der Waals surface area contributed by atoms with Crippen LogP contribution in [0.25, 0.3) is 0 Å². The summed E-state index contributed by atoms with van der Waals surface area (Å²) < 4.78 is 77.3. The number of imide groups is 1. The van der Waals surface area contributed by atoms with Gasteiger partial charge in [-0.3, -0.25) is 15.4 Å². The second-order valence-electron chi connectivity index (χ2n) is 4.72. The van der Waals surface area contributed by atoms with E-state index in [9.17, 15) is 35.9 Å². The monoisotopic (exact) mass is 378 g/mol. The number of carbonyl (C=O) groups excluding carboxylic acids is 2. The van der Waals surface area contributed by atoms with Gasteiger partial charge in [0, 0.05) is 0 Å². The number of carbonyl (C=O) groups is 2. The Hall–Kier alpha value is -3.18. The molecule has 0 atom stereocenters. The zero-order valence-electron chi connectivity index (χ0n) is 12.4. The van der Waals surface area contributed by atoms with Gasteiger partial charge in [-0.25, -0.2) is 32.3 Å². The van der Waals surface area contributed by atoms with Crippen molar-refractivity contribution in [2.75, 3.05) is 5.32 Å². The van der Waals surface area contributed by atoms with Crippen molar-refractivity contribution in [2.24, 2.45) is 0 Å². The Kier molecular flexibility index (Phi) is 5.43. The molecule has 1 aromatic carbocycles. The number of halogens is 6. The van der Waals surface area contributed by atoms with Crippen LogP contribution in [-0.4, -0.2) is 28.3 Å². The van der Waals surface area contributed by atoms with Gasteiger partial charge in [-0.15, -0.1) is 0 Å². The molecule has 2 N–H and O–H groups in total. The van der Waals surface area contributed by atoms with Crippen LogP contribution in [0.4, 0.5) is 37.0 Å². The van der Waals surface area contributed by atoms with Gasteiger partial charge in [-0.2, -0.15) is 8.78 Å². The Balaban J connectivity index is 2.05. The Morgan fingerprint density at radius 1 is 1.04 bits per heavy atom. The average molecular weight is 378 g/mol. The fourth-order valence-corrected chi connectivity index (χ4v) is 1.70. The van der Waals surface area contributed by atoms with Crippen LogP contribution >= 0.6 is 0 Å². The van der Waals surface area contributed by atoms with E-state index in [1.807, 2.05) is 5.32 Å². The van der Waals surface area contributed by atoms with E-state index in [-0.39, 0.29) is 0 Å². The number of anilines is 1. The molecule has 0 aliphatic carbocycles. The van der Waals surface area contributed by atoms with Crippen molar-refractivity contribution < 1.29 is 35.9 Å². The highest BCUT2D eigenvalue weighted by Gasteiger charge is 2.44. The lowest BCUT2D eigenvalue weighted by atomic mass is 10.2. The summed E-state index contributed by atoms with van der Waals surface area (Å²) in [7, 11) is 0. The molecule has 0 saturated carbocycles. The molecule has 0 aliphatic heterocycles. The van der Waals surface area contributed by atoms with Crippen LogP contribution in [0.3, 0.4) is 0 Å². The zero-order chi connectivity index (χ0) is 19.5. The standard InChI is InChI=1S/C14H8F6N4O2/c15-6-2-1-3-7(16)10(6)11(25)24-13(26)23-9-5-21-8(4-22-9)14(19,20)12(17)18/h1-5,12H,(H2,22,23,24,25,26). The predicted octanol–water partition coefficient (Wildman–Crippen LogP) is 3.07. The van der Waals surface area contributed by atoms with E-state index in [1.165, 1.54) is 0 Å². The van der Waals surface area contributed by atoms with Crippen LogP contribution in [0, 0.1) is 11.6 Å². The molecule has 12 heteroatoms. The summed E-state index contributed by atoms with van der Waals surface area (Å²) in [6, 6.07) is 1.29. The van der Waals surface area contributed by atoms with E-state index < -0.39 is 53.0 Å². The largest absolute Gasteiger partial charge is 0.350 e. The summed E-state index contributed by atoms with van der Waals surface area (Å²) in [4.78, 5) is 29.6. The smallest absolute Gasteiger partial charge is 0.291 e. The highest BCUT2D eigenvalue weighted by Crippen LogP contribution is 2.32. The summed E-state index contributed by atoms with van der Waals surface area (Å²) in [5, 5.41) is 3.45. The van der Waals surface area contributed by atoms with Gasteiger partial charge in [0.2, 0.25) is 0 Å². The minimum atomic E-state index is -4.54. The number of rotatable bonds is 4. The number of urea groups is 1. The molecule has 0 aliphatic rings. The van der Waals surface area contributed by atoms with E-state index in [2.05, 4.69) is 9.97 Å². The molecule has 2 rings (SSSR count).